The topological polar surface area (TPSA) is 46.2 Å². The van der Waals surface area contributed by atoms with E-state index in [1.54, 1.807) is 7.11 Å². The Kier molecular flexibility index (Phi) is 26.9. The van der Waals surface area contributed by atoms with Gasteiger partial charge >= 0.3 is 210 Å². The summed E-state index contributed by atoms with van der Waals surface area (Å²) in [4.78, 5) is 0. The fourth-order valence-electron chi connectivity index (χ4n) is 8.85. The standard InChI is InChI=1S/C37H65O5Si.3C4H9.Sn/c1-14-23-33(39-36(9,10)38-13)25-21-18-22-27-35-28-34(40-37(11,12)41-35)26-20-17-15-16-19-24-32(8)42-43(29(2)3,30(4)5)31(6)7;3*1-3-4-2;/h1,14-15,17-18,20-22,25-26,29-35H,16,19,23-24,27-28H2,2-13H3;3*1,3-4H2,2H3;/b14-1?,17-15+,22-18-,25-21+,26-20+;;;;/t32-,33+,34+,35+;;;;/m1..../s1. The molecule has 0 aromatic rings. The number of hydrogen-bond donors (Lipinski definition) is 0. The predicted octanol–water partition coefficient (Wildman–Crippen LogP) is 15.4. The second-order valence-electron chi connectivity index (χ2n) is 18.6. The molecule has 7 heteroatoms. The average molecular weight is 908 g/mol. The first-order valence-corrected chi connectivity index (χ1v) is 32.9. The number of unbranched alkanes of at least 4 members (excludes halogenated alkanes) is 4. The van der Waals surface area contributed by atoms with Crippen LogP contribution >= 0.6 is 0 Å². The fourth-order valence-corrected chi connectivity index (χ4v) is 28.9. The summed E-state index contributed by atoms with van der Waals surface area (Å²) in [6.45, 7) is 31.6. The molecule has 5 nitrogen and oxygen atoms in total. The normalized spacial score (nSPS) is 20.1. The number of allylic oxidation sites excluding steroid dienone is 5. The van der Waals surface area contributed by atoms with Crippen LogP contribution in [-0.2, 0) is 23.4 Å². The van der Waals surface area contributed by atoms with Gasteiger partial charge in [-0.05, 0) is 56.7 Å². The van der Waals surface area contributed by atoms with E-state index in [4.69, 9.17) is 23.4 Å². The van der Waals surface area contributed by atoms with Gasteiger partial charge in [-0.2, -0.15) is 0 Å². The molecule has 0 bridgehead atoms. The minimum absolute atomic E-state index is 0.0252. The van der Waals surface area contributed by atoms with E-state index in [9.17, 15) is 0 Å². The maximum absolute atomic E-state index is 6.94. The molecule has 326 valence electrons. The van der Waals surface area contributed by atoms with Crippen LogP contribution < -0.4 is 0 Å². The molecule has 4 atom stereocenters. The SMILES string of the molecule is CCC[CH2][Sn](/[CH]=C/C[C@@H](/C=C/C=C\C[C@H]1C[C@H](/C=C/C=C/CCC[C@@H](C)O[Si](C(C)C)(C(C)C)C(C)C)OC(C)(C)O1)OC(C)(C)OC)([CH2]CCC)[CH2]CCC. The third-order valence-corrected chi connectivity index (χ3v) is 32.3. The number of rotatable bonds is 30. The number of hydrogen-bond acceptors (Lipinski definition) is 5. The third-order valence-electron chi connectivity index (χ3n) is 11.9. The van der Waals surface area contributed by atoms with Crippen molar-refractivity contribution in [3.05, 3.63) is 58.8 Å². The molecule has 0 aliphatic carbocycles. The Morgan fingerprint density at radius 1 is 0.768 bits per heavy atom. The zero-order valence-electron chi connectivity index (χ0n) is 39.5. The van der Waals surface area contributed by atoms with Gasteiger partial charge in [0.1, 0.15) is 0 Å². The summed E-state index contributed by atoms with van der Waals surface area (Å²) in [7, 11) is -0.101. The first-order valence-electron chi connectivity index (χ1n) is 23.0. The van der Waals surface area contributed by atoms with Gasteiger partial charge in [0.05, 0.1) is 0 Å². The predicted molar refractivity (Wildman–Crippen MR) is 250 cm³/mol. The Balaban J connectivity index is 2.82. The van der Waals surface area contributed by atoms with E-state index in [0.717, 1.165) is 38.5 Å². The van der Waals surface area contributed by atoms with Crippen LogP contribution in [-0.4, -0.2) is 69.8 Å². The molecule has 0 amide bonds. The second-order valence-corrected chi connectivity index (χ2v) is 37.1. The summed E-state index contributed by atoms with van der Waals surface area (Å²) in [6, 6.07) is 0. The van der Waals surface area contributed by atoms with Crippen molar-refractivity contribution in [2.75, 3.05) is 7.11 Å². The quantitative estimate of drug-likeness (QED) is 0.0311. The minimum atomic E-state index is -2.35. The Morgan fingerprint density at radius 3 is 1.88 bits per heavy atom. The van der Waals surface area contributed by atoms with Gasteiger partial charge in [-0.25, -0.2) is 0 Å². The number of ether oxygens (including phenoxy) is 4. The molecule has 0 radical (unpaired) electrons. The molecule has 1 aliphatic heterocycles. The van der Waals surface area contributed by atoms with Crippen molar-refractivity contribution in [3.8, 4) is 0 Å². The van der Waals surface area contributed by atoms with Crippen LogP contribution in [0.3, 0.4) is 0 Å². The zero-order valence-corrected chi connectivity index (χ0v) is 43.3. The van der Waals surface area contributed by atoms with E-state index < -0.39 is 38.3 Å². The van der Waals surface area contributed by atoms with E-state index in [-0.39, 0.29) is 18.3 Å². The molecule has 0 N–H and O–H groups in total. The van der Waals surface area contributed by atoms with Crippen molar-refractivity contribution >= 4 is 26.7 Å². The van der Waals surface area contributed by atoms with Gasteiger partial charge in [-0.15, -0.1) is 0 Å². The zero-order chi connectivity index (χ0) is 42.3. The van der Waals surface area contributed by atoms with Crippen LogP contribution in [0, 0.1) is 0 Å². The van der Waals surface area contributed by atoms with Crippen molar-refractivity contribution < 1.29 is 23.4 Å². The molecule has 0 aromatic heterocycles. The van der Waals surface area contributed by atoms with E-state index >= 15 is 0 Å². The van der Waals surface area contributed by atoms with E-state index in [0.29, 0.717) is 22.7 Å². The summed E-state index contributed by atoms with van der Waals surface area (Å²) in [5.74, 6) is -1.26. The first kappa shape index (κ1) is 53.5. The molecule has 0 spiro atoms. The van der Waals surface area contributed by atoms with Crippen LogP contribution in [0.15, 0.2) is 58.8 Å². The third kappa shape index (κ3) is 20.7. The van der Waals surface area contributed by atoms with Gasteiger partial charge in [-0.1, -0.05) is 65.8 Å². The van der Waals surface area contributed by atoms with Crippen LogP contribution in [0.25, 0.3) is 0 Å². The van der Waals surface area contributed by atoms with Crippen LogP contribution in [0.5, 0.6) is 0 Å². The fraction of sp³-hybridized carbons (Fsp3) is 0.796. The second kappa shape index (κ2) is 28.1. The Morgan fingerprint density at radius 2 is 1.34 bits per heavy atom. The Hall–Kier alpha value is -0.484. The van der Waals surface area contributed by atoms with E-state index in [1.807, 2.05) is 27.7 Å². The monoisotopic (exact) mass is 909 g/mol. The van der Waals surface area contributed by atoms with Crippen molar-refractivity contribution in [1.82, 2.24) is 0 Å². The summed E-state index contributed by atoms with van der Waals surface area (Å²) < 4.78 is 38.9. The molecule has 0 unspecified atom stereocenters. The van der Waals surface area contributed by atoms with Gasteiger partial charge in [0.2, 0.25) is 8.32 Å². The van der Waals surface area contributed by atoms with Crippen molar-refractivity contribution in [2.45, 2.75) is 240 Å². The van der Waals surface area contributed by atoms with Crippen LogP contribution in [0.1, 0.15) is 174 Å². The summed E-state index contributed by atoms with van der Waals surface area (Å²) in [5, 5.41) is 0. The van der Waals surface area contributed by atoms with Crippen molar-refractivity contribution in [3.63, 3.8) is 0 Å². The molecule has 0 saturated carbocycles. The van der Waals surface area contributed by atoms with Gasteiger partial charge in [0.15, 0.2) is 0 Å². The molecule has 0 aromatic carbocycles. The Labute approximate surface area is 353 Å². The molecule has 56 heavy (non-hydrogen) atoms. The first-order chi connectivity index (χ1) is 26.4. The molecular weight excluding hydrogens is 815 g/mol. The molecule has 1 rings (SSSR count). The van der Waals surface area contributed by atoms with E-state index in [1.165, 1.54) is 51.8 Å². The van der Waals surface area contributed by atoms with E-state index in [2.05, 4.69) is 128 Å². The summed E-state index contributed by atoms with van der Waals surface area (Å²) in [6.07, 6.45) is 34.3. The van der Waals surface area contributed by atoms with Gasteiger partial charge in [0, 0.05) is 6.10 Å². The number of methoxy groups -OCH3 is 1. The summed E-state index contributed by atoms with van der Waals surface area (Å²) >= 11 is -2.35. The maximum atomic E-state index is 6.94. The van der Waals surface area contributed by atoms with Crippen LogP contribution in [0.2, 0.25) is 29.9 Å². The van der Waals surface area contributed by atoms with Gasteiger partial charge in [0.25, 0.3) is 0 Å². The van der Waals surface area contributed by atoms with Crippen LogP contribution in [0.4, 0.5) is 0 Å². The van der Waals surface area contributed by atoms with Gasteiger partial charge in [-0.3, -0.25) is 0 Å². The molecule has 1 fully saturated rings. The molecule has 1 saturated heterocycles. The molecular formula is C49H92O5SiSn. The molecule has 1 aliphatic rings. The Bertz CT molecular complexity index is 1130. The van der Waals surface area contributed by atoms with Gasteiger partial charge < -0.3 is 9.16 Å². The molecule has 1 heterocycles. The van der Waals surface area contributed by atoms with Crippen molar-refractivity contribution in [2.24, 2.45) is 0 Å². The average Bonchev–Trinajstić information content (AvgIpc) is 3.12. The summed E-state index contributed by atoms with van der Waals surface area (Å²) in [5.41, 5.74) is 1.87. The van der Waals surface area contributed by atoms with Crippen molar-refractivity contribution in [1.29, 1.82) is 0 Å².